The van der Waals surface area contributed by atoms with Crippen LogP contribution in [-0.4, -0.2) is 55.0 Å². The lowest BCUT2D eigenvalue weighted by molar-refractivity contribution is -0.0209. The molecule has 1 atom stereocenters. The molecule has 132 valence electrons. The van der Waals surface area contributed by atoms with Crippen molar-refractivity contribution in [2.75, 3.05) is 33.1 Å². The van der Waals surface area contributed by atoms with E-state index in [1.807, 2.05) is 47.6 Å². The molecule has 0 unspecified atom stereocenters. The quantitative estimate of drug-likeness (QED) is 0.769. The van der Waals surface area contributed by atoms with Crippen molar-refractivity contribution in [2.45, 2.75) is 17.6 Å². The molecule has 1 fully saturated rings. The summed E-state index contributed by atoms with van der Waals surface area (Å²) in [6, 6.07) is 11.6. The van der Waals surface area contributed by atoms with Crippen LogP contribution < -0.4 is 4.74 Å². The van der Waals surface area contributed by atoms with Gasteiger partial charge in [0.25, 0.3) is 5.91 Å². The van der Waals surface area contributed by atoms with Crippen molar-refractivity contribution in [1.82, 2.24) is 9.88 Å². The predicted molar refractivity (Wildman–Crippen MR) is 98.4 cm³/mol. The van der Waals surface area contributed by atoms with Gasteiger partial charge in [-0.1, -0.05) is 12.1 Å². The summed E-state index contributed by atoms with van der Waals surface area (Å²) >= 11 is 1.49. The minimum Gasteiger partial charge on any atom is -0.497 e. The minimum atomic E-state index is 0.000459. The fraction of sp³-hybridized carbons (Fsp3) is 0.368. The van der Waals surface area contributed by atoms with Gasteiger partial charge in [-0.25, -0.2) is 4.98 Å². The first-order valence-electron chi connectivity index (χ1n) is 8.24. The Labute approximate surface area is 152 Å². The molecule has 1 aliphatic heterocycles. The zero-order valence-electron chi connectivity index (χ0n) is 14.5. The molecule has 6 heteroatoms. The number of carbonyl (C=O) groups is 1. The van der Waals surface area contributed by atoms with Crippen LogP contribution in [0.1, 0.15) is 15.9 Å². The maximum Gasteiger partial charge on any atom is 0.256 e. The molecule has 2 heterocycles. The van der Waals surface area contributed by atoms with Crippen LogP contribution in [0, 0.1) is 0 Å². The lowest BCUT2D eigenvalue weighted by atomic mass is 10.1. The number of benzene rings is 1. The van der Waals surface area contributed by atoms with Crippen molar-refractivity contribution in [3.05, 3.63) is 53.7 Å². The number of methoxy groups -OCH3 is 1. The first-order chi connectivity index (χ1) is 12.2. The highest BCUT2D eigenvalue weighted by atomic mass is 32.2. The van der Waals surface area contributed by atoms with E-state index in [1.165, 1.54) is 17.3 Å². The van der Waals surface area contributed by atoms with Crippen LogP contribution in [0.25, 0.3) is 0 Å². The van der Waals surface area contributed by atoms with E-state index in [2.05, 4.69) is 4.98 Å². The molecule has 3 rings (SSSR count). The van der Waals surface area contributed by atoms with Gasteiger partial charge in [-0.3, -0.25) is 4.79 Å². The van der Waals surface area contributed by atoms with Gasteiger partial charge in [0.1, 0.15) is 10.8 Å². The molecule has 25 heavy (non-hydrogen) atoms. The molecule has 1 aliphatic rings. The first kappa shape index (κ1) is 17.8. The van der Waals surface area contributed by atoms with Crippen LogP contribution in [0.15, 0.2) is 47.6 Å². The number of aromatic nitrogens is 1. The van der Waals surface area contributed by atoms with Crippen LogP contribution in [0.3, 0.4) is 0 Å². The molecule has 0 N–H and O–H groups in total. The van der Waals surface area contributed by atoms with Crippen molar-refractivity contribution >= 4 is 17.7 Å². The van der Waals surface area contributed by atoms with E-state index in [0.717, 1.165) is 17.2 Å². The number of nitrogens with zero attached hydrogens (tertiary/aromatic N) is 2. The number of carbonyl (C=O) groups excluding carboxylic acids is 1. The van der Waals surface area contributed by atoms with Gasteiger partial charge < -0.3 is 14.4 Å². The van der Waals surface area contributed by atoms with Gasteiger partial charge in [0.15, 0.2) is 0 Å². The lowest BCUT2D eigenvalue weighted by Gasteiger charge is -2.33. The Hall–Kier alpha value is -2.05. The van der Waals surface area contributed by atoms with Crippen molar-refractivity contribution in [3.63, 3.8) is 0 Å². The Bertz CT molecular complexity index is 721. The summed E-state index contributed by atoms with van der Waals surface area (Å²) < 4.78 is 11.1. The van der Waals surface area contributed by atoms with Gasteiger partial charge in [0, 0.05) is 25.7 Å². The van der Waals surface area contributed by atoms with Gasteiger partial charge in [-0.15, -0.1) is 11.8 Å². The summed E-state index contributed by atoms with van der Waals surface area (Å²) in [6.45, 7) is 1.76. The molecule has 5 nitrogen and oxygen atoms in total. The molecule has 1 amide bonds. The van der Waals surface area contributed by atoms with E-state index in [9.17, 15) is 4.79 Å². The second-order valence-electron chi connectivity index (χ2n) is 5.86. The molecule has 1 saturated heterocycles. The third-order valence-corrected chi connectivity index (χ3v) is 4.96. The van der Waals surface area contributed by atoms with E-state index >= 15 is 0 Å². The average molecular weight is 358 g/mol. The summed E-state index contributed by atoms with van der Waals surface area (Å²) in [6.07, 6.45) is 4.43. The second-order valence-corrected chi connectivity index (χ2v) is 6.65. The Balaban J connectivity index is 1.66. The van der Waals surface area contributed by atoms with Crippen molar-refractivity contribution in [2.24, 2.45) is 0 Å². The number of rotatable bonds is 5. The Kier molecular flexibility index (Phi) is 5.94. The zero-order valence-corrected chi connectivity index (χ0v) is 15.3. The topological polar surface area (TPSA) is 51.7 Å². The molecule has 0 spiro atoms. The minimum absolute atomic E-state index is 0.000459. The van der Waals surface area contributed by atoms with E-state index in [4.69, 9.17) is 9.47 Å². The van der Waals surface area contributed by atoms with E-state index < -0.39 is 0 Å². The largest absolute Gasteiger partial charge is 0.497 e. The van der Waals surface area contributed by atoms with Crippen LogP contribution in [0.4, 0.5) is 0 Å². The molecule has 0 aliphatic carbocycles. The number of hydrogen-bond acceptors (Lipinski definition) is 5. The molecule has 0 radical (unpaired) electrons. The Morgan fingerprint density at radius 1 is 1.36 bits per heavy atom. The Morgan fingerprint density at radius 3 is 2.88 bits per heavy atom. The molecule has 2 aromatic rings. The highest BCUT2D eigenvalue weighted by molar-refractivity contribution is 7.98. The smallest absolute Gasteiger partial charge is 0.256 e. The number of thioether (sulfide) groups is 1. The Morgan fingerprint density at radius 2 is 2.16 bits per heavy atom. The zero-order chi connectivity index (χ0) is 17.6. The highest BCUT2D eigenvalue weighted by Gasteiger charge is 2.26. The van der Waals surface area contributed by atoms with Gasteiger partial charge in [-0.05, 0) is 36.1 Å². The molecular formula is C19H22N2O3S. The summed E-state index contributed by atoms with van der Waals surface area (Å²) in [5.41, 5.74) is 1.84. The SMILES string of the molecule is COc1ccc(C[C@@H]2CN(C(=O)c3cccnc3SC)CCO2)cc1. The van der Waals surface area contributed by atoms with E-state index in [-0.39, 0.29) is 12.0 Å². The van der Waals surface area contributed by atoms with Crippen LogP contribution in [0.5, 0.6) is 5.75 Å². The van der Waals surface area contributed by atoms with Crippen LogP contribution in [-0.2, 0) is 11.2 Å². The molecule has 1 aromatic heterocycles. The fourth-order valence-corrected chi connectivity index (χ4v) is 3.48. The number of ether oxygens (including phenoxy) is 2. The van der Waals surface area contributed by atoms with E-state index in [1.54, 1.807) is 13.3 Å². The average Bonchev–Trinajstić information content (AvgIpc) is 2.68. The molecule has 1 aromatic carbocycles. The number of pyridine rings is 1. The molecule has 0 bridgehead atoms. The van der Waals surface area contributed by atoms with Gasteiger partial charge in [-0.2, -0.15) is 0 Å². The van der Waals surface area contributed by atoms with Crippen molar-refractivity contribution in [1.29, 1.82) is 0 Å². The van der Waals surface area contributed by atoms with Crippen molar-refractivity contribution < 1.29 is 14.3 Å². The number of hydrogen-bond donors (Lipinski definition) is 0. The van der Waals surface area contributed by atoms with E-state index in [0.29, 0.717) is 25.3 Å². The third kappa shape index (κ3) is 4.32. The summed E-state index contributed by atoms with van der Waals surface area (Å²) in [4.78, 5) is 19.0. The van der Waals surface area contributed by atoms with Gasteiger partial charge in [0.05, 0.1) is 25.4 Å². The summed E-state index contributed by atoms with van der Waals surface area (Å²) in [7, 11) is 1.66. The first-order valence-corrected chi connectivity index (χ1v) is 9.46. The summed E-state index contributed by atoms with van der Waals surface area (Å²) in [5, 5.41) is 0.769. The normalized spacial score (nSPS) is 17.4. The molecular weight excluding hydrogens is 336 g/mol. The van der Waals surface area contributed by atoms with Gasteiger partial charge in [0.2, 0.25) is 0 Å². The summed E-state index contributed by atoms with van der Waals surface area (Å²) in [5.74, 6) is 0.867. The monoisotopic (exact) mass is 358 g/mol. The second kappa shape index (κ2) is 8.36. The third-order valence-electron chi connectivity index (χ3n) is 4.24. The van der Waals surface area contributed by atoms with Crippen LogP contribution >= 0.6 is 11.8 Å². The fourth-order valence-electron chi connectivity index (χ4n) is 2.94. The predicted octanol–water partition coefficient (Wildman–Crippen LogP) is 2.90. The van der Waals surface area contributed by atoms with Gasteiger partial charge >= 0.3 is 0 Å². The van der Waals surface area contributed by atoms with Crippen molar-refractivity contribution in [3.8, 4) is 5.75 Å². The molecule has 0 saturated carbocycles. The maximum absolute atomic E-state index is 12.9. The maximum atomic E-state index is 12.9. The number of amides is 1. The number of morpholine rings is 1. The lowest BCUT2D eigenvalue weighted by Crippen LogP contribution is -2.46. The standard InChI is InChI=1S/C19H22N2O3S/c1-23-15-7-5-14(6-8-15)12-16-13-21(10-11-24-16)19(22)17-4-3-9-20-18(17)25-2/h3-9,16H,10-13H2,1-2H3/t16-/m1/s1. The van der Waals surface area contributed by atoms with Crippen LogP contribution in [0.2, 0.25) is 0 Å². The highest BCUT2D eigenvalue weighted by Crippen LogP contribution is 2.21.